The first-order valence-corrected chi connectivity index (χ1v) is 6.10. The van der Waals surface area contributed by atoms with Crippen LogP contribution in [0.2, 0.25) is 0 Å². The number of carboxylic acids is 1. The minimum absolute atomic E-state index is 0.0274. The van der Waals surface area contributed by atoms with Crippen LogP contribution in [-0.4, -0.2) is 16.1 Å². The third-order valence-corrected chi connectivity index (χ3v) is 4.03. The van der Waals surface area contributed by atoms with Crippen molar-refractivity contribution in [2.24, 2.45) is 11.3 Å². The van der Waals surface area contributed by atoms with E-state index >= 15 is 0 Å². The molecule has 0 bridgehead atoms. The van der Waals surface area contributed by atoms with Gasteiger partial charge in [0, 0.05) is 17.0 Å². The molecule has 0 amide bonds. The zero-order valence-corrected chi connectivity index (χ0v) is 10.4. The molecule has 92 valence electrons. The van der Waals surface area contributed by atoms with Gasteiger partial charge < -0.3 is 5.11 Å². The molecule has 1 aromatic heterocycles. The van der Waals surface area contributed by atoms with Crippen molar-refractivity contribution in [2.75, 3.05) is 0 Å². The fraction of sp³-hybridized carbons (Fsp3) is 0.333. The van der Waals surface area contributed by atoms with E-state index in [-0.39, 0.29) is 17.3 Å². The van der Waals surface area contributed by atoms with Gasteiger partial charge in [0.25, 0.3) is 0 Å². The average Bonchev–Trinajstić information content (AvgIpc) is 2.92. The molecule has 1 aliphatic rings. The van der Waals surface area contributed by atoms with Crippen LogP contribution in [0.1, 0.15) is 25.5 Å². The lowest BCUT2D eigenvalue weighted by atomic mass is 10.1. The second kappa shape index (κ2) is 3.55. The number of hydrogen-bond donors (Lipinski definition) is 1. The van der Waals surface area contributed by atoms with Crippen LogP contribution in [0, 0.1) is 11.3 Å². The number of carbonyl (C=O) groups is 1. The quantitative estimate of drug-likeness (QED) is 0.879. The van der Waals surface area contributed by atoms with Gasteiger partial charge in [0.1, 0.15) is 0 Å². The highest BCUT2D eigenvalue weighted by Gasteiger charge is 2.63. The van der Waals surface area contributed by atoms with E-state index in [0.29, 0.717) is 0 Å². The Balaban J connectivity index is 2.04. The summed E-state index contributed by atoms with van der Waals surface area (Å²) >= 11 is 0. The lowest BCUT2D eigenvalue weighted by Gasteiger charge is -2.03. The highest BCUT2D eigenvalue weighted by Crippen LogP contribution is 2.64. The van der Waals surface area contributed by atoms with Crippen molar-refractivity contribution in [2.45, 2.75) is 19.8 Å². The number of nitrogens with zero attached hydrogens (tertiary/aromatic N) is 1. The maximum absolute atomic E-state index is 11.2. The molecular weight excluding hydrogens is 226 g/mol. The second-order valence-corrected chi connectivity index (χ2v) is 5.54. The molecule has 18 heavy (non-hydrogen) atoms. The molecule has 2 atom stereocenters. The van der Waals surface area contributed by atoms with E-state index in [4.69, 9.17) is 0 Å². The fourth-order valence-corrected chi connectivity index (χ4v) is 2.91. The summed E-state index contributed by atoms with van der Waals surface area (Å²) in [6.45, 7) is 3.99. The van der Waals surface area contributed by atoms with Crippen LogP contribution in [0.5, 0.6) is 0 Å². The number of aromatic nitrogens is 1. The van der Waals surface area contributed by atoms with Crippen molar-refractivity contribution in [1.29, 1.82) is 0 Å². The first kappa shape index (κ1) is 11.2. The van der Waals surface area contributed by atoms with Crippen LogP contribution in [0.25, 0.3) is 10.9 Å². The molecule has 1 aliphatic carbocycles. The van der Waals surface area contributed by atoms with Crippen molar-refractivity contribution in [1.82, 2.24) is 4.98 Å². The molecule has 1 N–H and O–H groups in total. The van der Waals surface area contributed by atoms with Crippen LogP contribution in [0.3, 0.4) is 0 Å². The summed E-state index contributed by atoms with van der Waals surface area (Å²) in [6, 6.07) is 11.9. The number of fused-ring (bicyclic) bond motifs is 1. The first-order valence-electron chi connectivity index (χ1n) is 6.10. The summed E-state index contributed by atoms with van der Waals surface area (Å²) in [6.07, 6.45) is 0. The maximum atomic E-state index is 11.2. The highest BCUT2D eigenvalue weighted by molar-refractivity contribution is 5.80. The van der Waals surface area contributed by atoms with Crippen molar-refractivity contribution in [3.8, 4) is 0 Å². The summed E-state index contributed by atoms with van der Waals surface area (Å²) < 4.78 is 0. The number of pyridine rings is 1. The van der Waals surface area contributed by atoms with Gasteiger partial charge in [-0.25, -0.2) is 0 Å². The van der Waals surface area contributed by atoms with Crippen LogP contribution in [-0.2, 0) is 4.79 Å². The fourth-order valence-electron chi connectivity index (χ4n) is 2.91. The van der Waals surface area contributed by atoms with Gasteiger partial charge in [0.05, 0.1) is 11.4 Å². The van der Waals surface area contributed by atoms with Crippen molar-refractivity contribution >= 4 is 16.9 Å². The standard InChI is InChI=1S/C15H15NO2/c1-15(2)12(13(15)14(17)18)11-8-7-9-5-3-4-6-10(9)16-11/h3-8,12-13H,1-2H3,(H,17,18). The second-order valence-electron chi connectivity index (χ2n) is 5.54. The molecule has 3 nitrogen and oxygen atoms in total. The third kappa shape index (κ3) is 1.50. The van der Waals surface area contributed by atoms with E-state index < -0.39 is 5.97 Å². The number of carboxylic acid groups (broad SMARTS) is 1. The Morgan fingerprint density at radius 1 is 1.22 bits per heavy atom. The Hall–Kier alpha value is -1.90. The Labute approximate surface area is 105 Å². The number of rotatable bonds is 2. The van der Waals surface area contributed by atoms with E-state index in [0.717, 1.165) is 16.6 Å². The van der Waals surface area contributed by atoms with E-state index in [1.165, 1.54) is 0 Å². The van der Waals surface area contributed by atoms with Crippen LogP contribution in [0.4, 0.5) is 0 Å². The first-order chi connectivity index (χ1) is 8.51. The molecule has 1 fully saturated rings. The normalized spacial score (nSPS) is 25.0. The minimum atomic E-state index is -0.722. The molecule has 2 aromatic rings. The van der Waals surface area contributed by atoms with Crippen molar-refractivity contribution in [3.63, 3.8) is 0 Å². The van der Waals surface area contributed by atoms with Crippen LogP contribution in [0.15, 0.2) is 36.4 Å². The molecular formula is C15H15NO2. The predicted molar refractivity (Wildman–Crippen MR) is 69.4 cm³/mol. The molecule has 0 saturated heterocycles. The zero-order chi connectivity index (χ0) is 12.9. The SMILES string of the molecule is CC1(C)C(C(=O)O)C1c1ccc2ccccc2n1. The average molecular weight is 241 g/mol. The molecule has 2 unspecified atom stereocenters. The molecule has 0 spiro atoms. The van der Waals surface area contributed by atoms with Crippen LogP contribution >= 0.6 is 0 Å². The van der Waals surface area contributed by atoms with Gasteiger partial charge in [-0.3, -0.25) is 9.78 Å². The third-order valence-electron chi connectivity index (χ3n) is 4.03. The Bertz CT molecular complexity index is 633. The summed E-state index contributed by atoms with van der Waals surface area (Å²) in [5.41, 5.74) is 1.63. The molecule has 3 heteroatoms. The number of aliphatic carboxylic acids is 1. The smallest absolute Gasteiger partial charge is 0.307 e. The number of para-hydroxylation sites is 1. The van der Waals surface area contributed by atoms with Crippen molar-refractivity contribution in [3.05, 3.63) is 42.1 Å². The van der Waals surface area contributed by atoms with Gasteiger partial charge in [-0.2, -0.15) is 0 Å². The van der Waals surface area contributed by atoms with E-state index in [9.17, 15) is 9.90 Å². The number of benzene rings is 1. The minimum Gasteiger partial charge on any atom is -0.481 e. The van der Waals surface area contributed by atoms with Crippen molar-refractivity contribution < 1.29 is 9.90 Å². The molecule has 3 rings (SSSR count). The lowest BCUT2D eigenvalue weighted by Crippen LogP contribution is -2.03. The van der Waals surface area contributed by atoms with Crippen LogP contribution < -0.4 is 0 Å². The molecule has 1 aromatic carbocycles. The summed E-state index contributed by atoms with van der Waals surface area (Å²) in [5.74, 6) is -1.01. The van der Waals surface area contributed by atoms with Gasteiger partial charge in [0.2, 0.25) is 0 Å². The molecule has 0 aliphatic heterocycles. The summed E-state index contributed by atoms with van der Waals surface area (Å²) in [7, 11) is 0. The topological polar surface area (TPSA) is 50.2 Å². The highest BCUT2D eigenvalue weighted by atomic mass is 16.4. The summed E-state index contributed by atoms with van der Waals surface area (Å²) in [4.78, 5) is 15.8. The van der Waals surface area contributed by atoms with Gasteiger partial charge >= 0.3 is 5.97 Å². The van der Waals surface area contributed by atoms with E-state index in [2.05, 4.69) is 4.98 Å². The van der Waals surface area contributed by atoms with Gasteiger partial charge in [0.15, 0.2) is 0 Å². The lowest BCUT2D eigenvalue weighted by molar-refractivity contribution is -0.139. The van der Waals surface area contributed by atoms with Gasteiger partial charge in [-0.05, 0) is 17.5 Å². The van der Waals surface area contributed by atoms with E-state index in [1.54, 1.807) is 0 Å². The maximum Gasteiger partial charge on any atom is 0.307 e. The Morgan fingerprint density at radius 3 is 2.61 bits per heavy atom. The number of hydrogen-bond acceptors (Lipinski definition) is 2. The molecule has 1 saturated carbocycles. The van der Waals surface area contributed by atoms with Gasteiger partial charge in [-0.1, -0.05) is 38.1 Å². The Kier molecular flexibility index (Phi) is 2.21. The van der Waals surface area contributed by atoms with Gasteiger partial charge in [-0.15, -0.1) is 0 Å². The Morgan fingerprint density at radius 2 is 1.94 bits per heavy atom. The molecule has 1 heterocycles. The zero-order valence-electron chi connectivity index (χ0n) is 10.4. The predicted octanol–water partition coefficient (Wildman–Crippen LogP) is 3.06. The van der Waals surface area contributed by atoms with E-state index in [1.807, 2.05) is 50.2 Å². The molecule has 0 radical (unpaired) electrons. The largest absolute Gasteiger partial charge is 0.481 e. The monoisotopic (exact) mass is 241 g/mol. The summed E-state index contributed by atoms with van der Waals surface area (Å²) in [5, 5.41) is 10.3.